The number of primary amides is 1. The van der Waals surface area contributed by atoms with E-state index in [1.54, 1.807) is 13.0 Å². The van der Waals surface area contributed by atoms with Gasteiger partial charge in [-0.3, -0.25) is 9.59 Å². The summed E-state index contributed by atoms with van der Waals surface area (Å²) in [4.78, 5) is 27.3. The van der Waals surface area contributed by atoms with Crippen molar-refractivity contribution >= 4 is 40.7 Å². The molecule has 21 heavy (non-hydrogen) atoms. The van der Waals surface area contributed by atoms with Gasteiger partial charge in [0.15, 0.2) is 0 Å². The second kappa shape index (κ2) is 6.11. The number of amides is 2. The van der Waals surface area contributed by atoms with Gasteiger partial charge in [-0.2, -0.15) is 0 Å². The molecule has 1 heterocycles. The van der Waals surface area contributed by atoms with Gasteiger partial charge in [-0.25, -0.2) is 4.98 Å². The topological polar surface area (TPSA) is 85.1 Å². The van der Waals surface area contributed by atoms with Crippen LogP contribution in [-0.2, 0) is 0 Å². The number of nitrogens with two attached hydrogens (primary N) is 1. The molecule has 0 unspecified atom stereocenters. The Morgan fingerprint density at radius 3 is 2.48 bits per heavy atom. The van der Waals surface area contributed by atoms with Crippen LogP contribution in [0.15, 0.2) is 30.3 Å². The first-order chi connectivity index (χ1) is 9.86. The molecule has 2 rings (SSSR count). The van der Waals surface area contributed by atoms with Crippen molar-refractivity contribution in [3.05, 3.63) is 57.3 Å². The Morgan fingerprint density at radius 1 is 1.14 bits per heavy atom. The molecule has 0 bridgehead atoms. The largest absolute Gasteiger partial charge is 0.366 e. The minimum Gasteiger partial charge on any atom is -0.366 e. The van der Waals surface area contributed by atoms with Gasteiger partial charge in [0, 0.05) is 16.8 Å². The normalized spacial score (nSPS) is 10.2. The van der Waals surface area contributed by atoms with Gasteiger partial charge in [-0.15, -0.1) is 0 Å². The summed E-state index contributed by atoms with van der Waals surface area (Å²) in [5, 5.41) is 3.13. The molecular weight excluding hydrogens is 313 g/mol. The highest BCUT2D eigenvalue weighted by atomic mass is 35.5. The van der Waals surface area contributed by atoms with Gasteiger partial charge < -0.3 is 11.1 Å². The number of halogens is 2. The first-order valence-corrected chi connectivity index (χ1v) is 6.67. The van der Waals surface area contributed by atoms with Crippen molar-refractivity contribution < 1.29 is 9.59 Å². The van der Waals surface area contributed by atoms with Crippen LogP contribution in [0.5, 0.6) is 0 Å². The average Bonchev–Trinajstić information content (AvgIpc) is 2.39. The molecule has 0 aliphatic heterocycles. The van der Waals surface area contributed by atoms with Gasteiger partial charge in [-0.05, 0) is 37.3 Å². The number of hydrogen-bond donors (Lipinski definition) is 2. The standard InChI is InChI=1S/C14H11Cl2N3O2/c1-7-4-9(6-12(16)18-7)14(21)19-11-5-8(13(17)20)2-3-10(11)15/h2-6H,1H3,(H2,17,20)(H,19,21). The highest BCUT2D eigenvalue weighted by molar-refractivity contribution is 6.34. The zero-order valence-electron chi connectivity index (χ0n) is 11.0. The number of carbonyl (C=O) groups excluding carboxylic acids is 2. The zero-order valence-corrected chi connectivity index (χ0v) is 12.5. The van der Waals surface area contributed by atoms with Crippen LogP contribution in [0.1, 0.15) is 26.4 Å². The number of pyridine rings is 1. The van der Waals surface area contributed by atoms with Crippen LogP contribution >= 0.6 is 23.2 Å². The maximum absolute atomic E-state index is 12.2. The van der Waals surface area contributed by atoms with E-state index in [0.717, 1.165) is 0 Å². The van der Waals surface area contributed by atoms with E-state index in [-0.39, 0.29) is 10.7 Å². The molecule has 0 atom stereocenters. The first-order valence-electron chi connectivity index (χ1n) is 5.91. The van der Waals surface area contributed by atoms with E-state index in [1.165, 1.54) is 24.3 Å². The lowest BCUT2D eigenvalue weighted by Gasteiger charge is -2.09. The summed E-state index contributed by atoms with van der Waals surface area (Å²) in [6, 6.07) is 7.41. The molecule has 2 amide bonds. The van der Waals surface area contributed by atoms with E-state index in [1.807, 2.05) is 0 Å². The maximum Gasteiger partial charge on any atom is 0.255 e. The van der Waals surface area contributed by atoms with E-state index >= 15 is 0 Å². The molecule has 0 saturated carbocycles. The number of aromatic nitrogens is 1. The highest BCUT2D eigenvalue weighted by Gasteiger charge is 2.12. The predicted molar refractivity (Wildman–Crippen MR) is 81.9 cm³/mol. The summed E-state index contributed by atoms with van der Waals surface area (Å²) >= 11 is 11.8. The molecule has 0 fully saturated rings. The molecule has 1 aromatic heterocycles. The lowest BCUT2D eigenvalue weighted by Crippen LogP contribution is -2.15. The summed E-state index contributed by atoms with van der Waals surface area (Å²) in [7, 11) is 0. The fourth-order valence-electron chi connectivity index (χ4n) is 1.73. The number of aryl methyl sites for hydroxylation is 1. The molecule has 7 heteroatoms. The Hall–Kier alpha value is -2.11. The number of carbonyl (C=O) groups is 2. The highest BCUT2D eigenvalue weighted by Crippen LogP contribution is 2.24. The molecular formula is C14H11Cl2N3O2. The smallest absolute Gasteiger partial charge is 0.255 e. The Balaban J connectivity index is 2.31. The Morgan fingerprint density at radius 2 is 1.86 bits per heavy atom. The molecule has 0 aliphatic carbocycles. The minimum atomic E-state index is -0.607. The lowest BCUT2D eigenvalue weighted by molar-refractivity contribution is 0.0996. The van der Waals surface area contributed by atoms with Crippen LogP contribution in [0.2, 0.25) is 10.2 Å². The monoisotopic (exact) mass is 323 g/mol. The van der Waals surface area contributed by atoms with Gasteiger partial charge >= 0.3 is 0 Å². The van der Waals surface area contributed by atoms with Gasteiger partial charge in [0.25, 0.3) is 5.91 Å². The maximum atomic E-state index is 12.2. The SMILES string of the molecule is Cc1cc(C(=O)Nc2cc(C(N)=O)ccc2Cl)cc(Cl)n1. The molecule has 5 nitrogen and oxygen atoms in total. The summed E-state index contributed by atoms with van der Waals surface area (Å²) < 4.78 is 0. The third-order valence-electron chi connectivity index (χ3n) is 2.68. The van der Waals surface area contributed by atoms with Gasteiger partial charge in [0.05, 0.1) is 10.7 Å². The van der Waals surface area contributed by atoms with E-state index in [4.69, 9.17) is 28.9 Å². The third kappa shape index (κ3) is 3.71. The number of nitrogens with one attached hydrogen (secondary N) is 1. The van der Waals surface area contributed by atoms with E-state index < -0.39 is 11.8 Å². The molecule has 0 aliphatic rings. The van der Waals surface area contributed by atoms with Crippen molar-refractivity contribution in [2.45, 2.75) is 6.92 Å². The van der Waals surface area contributed by atoms with Crippen LogP contribution in [0.4, 0.5) is 5.69 Å². The first kappa shape index (κ1) is 15.3. The second-order valence-electron chi connectivity index (χ2n) is 4.33. The van der Waals surface area contributed by atoms with E-state index in [0.29, 0.717) is 22.0 Å². The van der Waals surface area contributed by atoms with E-state index in [2.05, 4.69) is 10.3 Å². The molecule has 3 N–H and O–H groups in total. The number of benzene rings is 1. The number of hydrogen-bond acceptors (Lipinski definition) is 3. The summed E-state index contributed by atoms with van der Waals surface area (Å²) in [6.45, 7) is 1.73. The van der Waals surface area contributed by atoms with Crippen LogP contribution in [0.3, 0.4) is 0 Å². The average molecular weight is 324 g/mol. The number of nitrogens with zero attached hydrogens (tertiary/aromatic N) is 1. The van der Waals surface area contributed by atoms with E-state index in [9.17, 15) is 9.59 Å². The van der Waals surface area contributed by atoms with Crippen LogP contribution in [0, 0.1) is 6.92 Å². The summed E-state index contributed by atoms with van der Waals surface area (Å²) in [5.41, 5.74) is 6.69. The Bertz CT molecular complexity index is 712. The Kier molecular flexibility index (Phi) is 4.45. The predicted octanol–water partition coefficient (Wildman–Crippen LogP) is 3.05. The second-order valence-corrected chi connectivity index (χ2v) is 5.13. The Labute approximate surface area is 131 Å². The van der Waals surface area contributed by atoms with Crippen LogP contribution in [0.25, 0.3) is 0 Å². The van der Waals surface area contributed by atoms with Gasteiger partial charge in [0.1, 0.15) is 5.15 Å². The molecule has 2 aromatic rings. The lowest BCUT2D eigenvalue weighted by atomic mass is 10.1. The minimum absolute atomic E-state index is 0.220. The van der Waals surface area contributed by atoms with Crippen molar-refractivity contribution in [1.29, 1.82) is 0 Å². The zero-order chi connectivity index (χ0) is 15.6. The van der Waals surface area contributed by atoms with Gasteiger partial charge in [-0.1, -0.05) is 23.2 Å². The van der Waals surface area contributed by atoms with Crippen LogP contribution in [-0.4, -0.2) is 16.8 Å². The van der Waals surface area contributed by atoms with Crippen molar-refractivity contribution in [2.24, 2.45) is 5.73 Å². The molecule has 0 radical (unpaired) electrons. The van der Waals surface area contributed by atoms with Crippen molar-refractivity contribution in [1.82, 2.24) is 4.98 Å². The summed E-state index contributed by atoms with van der Waals surface area (Å²) in [6.07, 6.45) is 0. The molecule has 108 valence electrons. The van der Waals surface area contributed by atoms with Crippen LogP contribution < -0.4 is 11.1 Å². The number of anilines is 1. The van der Waals surface area contributed by atoms with Crippen molar-refractivity contribution in [3.63, 3.8) is 0 Å². The van der Waals surface area contributed by atoms with Gasteiger partial charge in [0.2, 0.25) is 5.91 Å². The van der Waals surface area contributed by atoms with Crippen molar-refractivity contribution in [2.75, 3.05) is 5.32 Å². The van der Waals surface area contributed by atoms with Crippen molar-refractivity contribution in [3.8, 4) is 0 Å². The third-order valence-corrected chi connectivity index (χ3v) is 3.21. The number of rotatable bonds is 3. The molecule has 0 saturated heterocycles. The molecule has 1 aromatic carbocycles. The molecule has 0 spiro atoms. The quantitative estimate of drug-likeness (QED) is 0.851. The fraction of sp³-hybridized carbons (Fsp3) is 0.0714. The summed E-state index contributed by atoms with van der Waals surface area (Å²) in [5.74, 6) is -1.02. The fourth-order valence-corrected chi connectivity index (χ4v) is 2.14.